The Labute approximate surface area is 646 Å². The van der Waals surface area contributed by atoms with E-state index < -0.39 is 144 Å². The van der Waals surface area contributed by atoms with E-state index in [2.05, 4.69) is 11.9 Å². The first-order valence-corrected chi connectivity index (χ1v) is 37.7. The molecule has 0 bridgehead atoms. The third-order valence-corrected chi connectivity index (χ3v) is 19.8. The van der Waals surface area contributed by atoms with Gasteiger partial charge in [0.2, 0.25) is 0 Å². The molecule has 7 aromatic rings. The van der Waals surface area contributed by atoms with Gasteiger partial charge in [-0.15, -0.1) is 6.58 Å². The molecule has 0 aromatic heterocycles. The van der Waals surface area contributed by atoms with Crippen LogP contribution in [0.5, 0.6) is 0 Å². The highest BCUT2D eigenvalue weighted by Gasteiger charge is 2.60. The number of alkyl halides is 3. The lowest BCUT2D eigenvalue weighted by Crippen LogP contribution is -2.72. The monoisotopic (exact) mass is 1540 g/mol. The van der Waals surface area contributed by atoms with Crippen LogP contribution in [-0.2, 0) is 141 Å². The Kier molecular flexibility index (Phi) is 29.6. The summed E-state index contributed by atoms with van der Waals surface area (Å²) in [5.74, 6) is -3.82. The number of fused-ring (bicyclic) bond motifs is 1. The van der Waals surface area contributed by atoms with Crippen LogP contribution in [0.2, 0.25) is 0 Å². The average molecular weight is 1550 g/mol. The Morgan fingerprint density at radius 1 is 0.463 bits per heavy atom. The second kappa shape index (κ2) is 39.5. The molecule has 5 saturated heterocycles. The SMILES string of the molecule is C=CCO[C@@H]1O[C@@H](C)[C@H](OCc2ccccc2)[C@@H](COCc2ccccc2)[C@H]1O[C@@H]1O[C@@H](C)[C@H](OCc2ccccc2)[C@@H](O[C@@H]2O[C@@H](COCc3ccccc3)[C@H](OCc3ccccc3)[C@@H](OCc3ccccc3)[C@H]2OCc2ccccc2)[C@H]1O[C@@H]1O[C@@H]2COC(C)(C)O[C@H]2[C@H](OC(C)=O)[C@H]1NC(=O)C(Cl)(Cl)Cl. The molecule has 21 nitrogen and oxygen atoms in total. The van der Waals surface area contributed by atoms with Crippen LogP contribution in [0, 0.1) is 5.92 Å². The van der Waals surface area contributed by atoms with Crippen molar-refractivity contribution in [2.45, 2.75) is 207 Å². The van der Waals surface area contributed by atoms with Crippen LogP contribution in [0.15, 0.2) is 225 Å². The summed E-state index contributed by atoms with van der Waals surface area (Å²) in [6, 6.07) is 66.8. The van der Waals surface area contributed by atoms with Gasteiger partial charge < -0.3 is 90.6 Å². The number of rotatable bonds is 34. The number of hydrogen-bond donors (Lipinski definition) is 1. The lowest BCUT2D eigenvalue weighted by molar-refractivity contribution is -0.415. The van der Waals surface area contributed by atoms with Crippen molar-refractivity contribution in [1.82, 2.24) is 5.32 Å². The molecule has 5 aliphatic rings. The highest BCUT2D eigenvalue weighted by Crippen LogP contribution is 2.43. The number of ether oxygens (including phenoxy) is 18. The molecule has 1 N–H and O–H groups in total. The molecular weight excluding hydrogens is 1450 g/mol. The zero-order valence-corrected chi connectivity index (χ0v) is 63.4. The fraction of sp³-hybridized carbons (Fsp3) is 0.452. The van der Waals surface area contributed by atoms with Gasteiger partial charge in [0.25, 0.3) is 9.70 Å². The average Bonchev–Trinajstić information content (AvgIpc) is 0.753. The summed E-state index contributed by atoms with van der Waals surface area (Å²) in [5, 5.41) is 2.82. The number of halogens is 3. The predicted octanol–water partition coefficient (Wildman–Crippen LogP) is 13.2. The van der Waals surface area contributed by atoms with Crippen LogP contribution in [0.3, 0.4) is 0 Å². The van der Waals surface area contributed by atoms with E-state index in [4.69, 9.17) is 120 Å². The van der Waals surface area contributed by atoms with E-state index >= 15 is 0 Å². The number of carbonyl (C=O) groups is 2. The fourth-order valence-electron chi connectivity index (χ4n) is 14.0. The fourth-order valence-corrected chi connectivity index (χ4v) is 14.2. The lowest BCUT2D eigenvalue weighted by Gasteiger charge is -2.54. The molecule has 0 unspecified atom stereocenters. The van der Waals surface area contributed by atoms with Crippen molar-refractivity contribution in [3.63, 3.8) is 0 Å². The van der Waals surface area contributed by atoms with Crippen molar-refractivity contribution >= 4 is 46.7 Å². The molecule has 5 heterocycles. The molecule has 7 aromatic carbocycles. The van der Waals surface area contributed by atoms with Gasteiger partial charge in [0.1, 0.15) is 67.1 Å². The first-order valence-electron chi connectivity index (χ1n) is 36.6. The summed E-state index contributed by atoms with van der Waals surface area (Å²) >= 11 is 19.4. The minimum Gasteiger partial charge on any atom is -0.457 e. The second-order valence-electron chi connectivity index (χ2n) is 27.8. The Morgan fingerprint density at radius 2 is 0.870 bits per heavy atom. The third kappa shape index (κ3) is 22.4. The van der Waals surface area contributed by atoms with E-state index in [1.807, 2.05) is 226 Å². The molecule has 0 spiro atoms. The number of hydrogen-bond acceptors (Lipinski definition) is 20. The van der Waals surface area contributed by atoms with Gasteiger partial charge in [0, 0.05) is 12.8 Å². The minimum atomic E-state index is -2.58. The van der Waals surface area contributed by atoms with Crippen molar-refractivity contribution < 1.29 is 94.9 Å². The van der Waals surface area contributed by atoms with Crippen LogP contribution in [0.4, 0.5) is 0 Å². The van der Waals surface area contributed by atoms with E-state index in [-0.39, 0.29) is 72.7 Å². The molecule has 108 heavy (non-hydrogen) atoms. The quantitative estimate of drug-likeness (QED) is 0.0226. The maximum atomic E-state index is 14.5. The van der Waals surface area contributed by atoms with Crippen molar-refractivity contribution in [2.24, 2.45) is 5.92 Å². The molecule has 0 saturated carbocycles. The molecule has 12 rings (SSSR count). The number of carbonyl (C=O) groups excluding carboxylic acids is 2. The van der Waals surface area contributed by atoms with Crippen molar-refractivity contribution in [1.29, 1.82) is 0 Å². The van der Waals surface area contributed by atoms with Gasteiger partial charge in [-0.25, -0.2) is 0 Å². The minimum absolute atomic E-state index is 0.0165. The molecule has 20 atom stereocenters. The molecule has 578 valence electrons. The molecule has 5 fully saturated rings. The number of benzene rings is 7. The molecule has 5 aliphatic heterocycles. The first kappa shape index (κ1) is 80.9. The van der Waals surface area contributed by atoms with Crippen LogP contribution in [0.25, 0.3) is 0 Å². The van der Waals surface area contributed by atoms with Gasteiger partial charge in [-0.2, -0.15) is 0 Å². The van der Waals surface area contributed by atoms with Gasteiger partial charge in [0.15, 0.2) is 37.1 Å². The van der Waals surface area contributed by atoms with Gasteiger partial charge >= 0.3 is 5.97 Å². The first-order chi connectivity index (χ1) is 52.4. The summed E-state index contributed by atoms with van der Waals surface area (Å²) in [5.41, 5.74) is 6.15. The highest BCUT2D eigenvalue weighted by atomic mass is 35.6. The maximum Gasteiger partial charge on any atom is 0.303 e. The standard InChI is InChI=1S/C84H96Cl3NO20/c1-7-43-93-79-70(64(51-91-44-57-29-15-8-16-30-57)68(54(2)100-79)94-46-59-33-19-10-20-34-59)105-81-77(107-78-67(88-82(90)84(85,86)87)73(102-56(4)89)72-66(103-78)53-99-83(5,6)108-72)75(69(55(3)101-81)95-47-60-35-21-11-22-36-60)106-80-76(98-50-63-41-27-14-28-42-63)74(97-49-62-39-25-13-26-40-62)71(96-48-61-37-23-12-24-38-61)65(104-80)52-92-45-58-31-17-9-18-32-58/h7-42,54-55,64-81H,1,43-53H2,2-6H3,(H,88,90)/t54-,55-,64+,65-,66+,67+,68-,69-,70+,71-,72+,73+,74+,75+,76+,77+,78-,79+,80-,81-/m0/s1. The summed E-state index contributed by atoms with van der Waals surface area (Å²) < 4.78 is 124. The van der Waals surface area contributed by atoms with E-state index in [0.29, 0.717) is 0 Å². The van der Waals surface area contributed by atoms with Crippen LogP contribution in [0.1, 0.15) is 73.6 Å². The van der Waals surface area contributed by atoms with Gasteiger partial charge in [-0.3, -0.25) is 9.59 Å². The highest BCUT2D eigenvalue weighted by molar-refractivity contribution is 6.76. The molecule has 24 heteroatoms. The molecule has 0 radical (unpaired) electrons. The zero-order valence-electron chi connectivity index (χ0n) is 61.1. The van der Waals surface area contributed by atoms with E-state index in [1.54, 1.807) is 19.9 Å². The van der Waals surface area contributed by atoms with Crippen LogP contribution < -0.4 is 5.32 Å². The predicted molar refractivity (Wildman–Crippen MR) is 400 cm³/mol. The van der Waals surface area contributed by atoms with Gasteiger partial charge in [-0.05, 0) is 66.6 Å². The normalized spacial score (nSPS) is 29.8. The van der Waals surface area contributed by atoms with E-state index in [9.17, 15) is 9.59 Å². The number of nitrogens with one attached hydrogen (secondary N) is 1. The second-order valence-corrected chi connectivity index (χ2v) is 30.0. The number of amides is 1. The summed E-state index contributed by atoms with van der Waals surface area (Å²) in [7, 11) is 0. The van der Waals surface area contributed by atoms with E-state index in [0.717, 1.165) is 38.9 Å². The number of esters is 1. The van der Waals surface area contributed by atoms with Gasteiger partial charge in [-0.1, -0.05) is 253 Å². The Balaban J connectivity index is 1.03. The Hall–Kier alpha value is -6.59. The van der Waals surface area contributed by atoms with Gasteiger partial charge in [0.05, 0.1) is 91.0 Å². The lowest BCUT2D eigenvalue weighted by atomic mass is 9.89. The van der Waals surface area contributed by atoms with Crippen molar-refractivity contribution in [2.75, 3.05) is 26.4 Å². The summed E-state index contributed by atoms with van der Waals surface area (Å²) in [6.07, 6.45) is -19.5. The Morgan fingerprint density at radius 3 is 1.35 bits per heavy atom. The third-order valence-electron chi connectivity index (χ3n) is 19.3. The summed E-state index contributed by atoms with van der Waals surface area (Å²) in [4.78, 5) is 28.1. The maximum absolute atomic E-state index is 14.5. The molecular formula is C84H96Cl3NO20. The zero-order chi connectivity index (χ0) is 75.4. The Bertz CT molecular complexity index is 3830. The largest absolute Gasteiger partial charge is 0.457 e. The topological polar surface area (TPSA) is 212 Å². The molecule has 0 aliphatic carbocycles. The van der Waals surface area contributed by atoms with E-state index in [1.165, 1.54) is 6.92 Å². The van der Waals surface area contributed by atoms with Crippen molar-refractivity contribution in [3.8, 4) is 0 Å². The summed E-state index contributed by atoms with van der Waals surface area (Å²) in [6.45, 7) is 13.2. The van der Waals surface area contributed by atoms with Crippen molar-refractivity contribution in [3.05, 3.63) is 264 Å². The van der Waals surface area contributed by atoms with Crippen LogP contribution in [-0.4, -0.2) is 165 Å². The van der Waals surface area contributed by atoms with Crippen LogP contribution >= 0.6 is 34.8 Å². The molecule has 1 amide bonds. The smallest absolute Gasteiger partial charge is 0.303 e.